The average molecular weight is 378 g/mol. The second kappa shape index (κ2) is 9.15. The maximum absolute atomic E-state index is 13.3. The molecule has 0 bridgehead atoms. The first-order valence-electron chi connectivity index (χ1n) is 9.17. The summed E-state index contributed by atoms with van der Waals surface area (Å²) < 4.78 is 18.9. The Labute approximate surface area is 164 Å². The van der Waals surface area contributed by atoms with E-state index in [9.17, 15) is 9.18 Å². The Hall–Kier alpha value is -3.18. The van der Waals surface area contributed by atoms with Crippen molar-refractivity contribution < 1.29 is 13.9 Å². The monoisotopic (exact) mass is 378 g/mol. The molecule has 5 heteroatoms. The number of hydrogen-bond acceptors (Lipinski definition) is 3. The van der Waals surface area contributed by atoms with E-state index in [2.05, 4.69) is 0 Å². The van der Waals surface area contributed by atoms with Gasteiger partial charge in [0.25, 0.3) is 0 Å². The number of carbonyl (C=O) groups excluding carboxylic acids is 1. The first kappa shape index (κ1) is 19.6. The van der Waals surface area contributed by atoms with Crippen LogP contribution in [-0.4, -0.2) is 17.4 Å². The maximum Gasteiger partial charge on any atom is 0.239 e. The first-order chi connectivity index (χ1) is 13.6. The van der Waals surface area contributed by atoms with Crippen molar-refractivity contribution in [2.45, 2.75) is 19.5 Å². The molecule has 1 amide bonds. The van der Waals surface area contributed by atoms with E-state index in [1.54, 1.807) is 12.1 Å². The zero-order valence-corrected chi connectivity index (χ0v) is 15.7. The van der Waals surface area contributed by atoms with E-state index in [1.807, 2.05) is 66.4 Å². The third-order valence-electron chi connectivity index (χ3n) is 4.50. The highest BCUT2D eigenvalue weighted by atomic mass is 19.1. The van der Waals surface area contributed by atoms with E-state index in [0.717, 1.165) is 11.1 Å². The number of nitrogens with two attached hydrogens (primary N) is 1. The Kier molecular flexibility index (Phi) is 6.40. The Morgan fingerprint density at radius 1 is 1.00 bits per heavy atom. The van der Waals surface area contributed by atoms with Crippen molar-refractivity contribution in [1.29, 1.82) is 0 Å². The molecule has 0 spiro atoms. The Balaban J connectivity index is 1.73. The van der Waals surface area contributed by atoms with Crippen LogP contribution in [0.25, 0.3) is 0 Å². The molecule has 0 saturated carbocycles. The molecule has 0 saturated heterocycles. The number of halogens is 1. The fourth-order valence-corrected chi connectivity index (χ4v) is 3.14. The topological polar surface area (TPSA) is 55.6 Å². The summed E-state index contributed by atoms with van der Waals surface area (Å²) in [4.78, 5) is 14.1. The van der Waals surface area contributed by atoms with Gasteiger partial charge in [-0.3, -0.25) is 9.69 Å². The van der Waals surface area contributed by atoms with Crippen LogP contribution in [-0.2, 0) is 11.3 Å². The smallest absolute Gasteiger partial charge is 0.239 e. The number of primary amides is 1. The fraction of sp³-hybridized carbons (Fsp3) is 0.174. The molecular formula is C23H23FN2O2. The van der Waals surface area contributed by atoms with E-state index in [4.69, 9.17) is 10.5 Å². The highest BCUT2D eigenvalue weighted by Gasteiger charge is 2.24. The van der Waals surface area contributed by atoms with Crippen molar-refractivity contribution in [2.75, 3.05) is 6.54 Å². The molecule has 0 aliphatic heterocycles. The number of benzene rings is 3. The minimum absolute atomic E-state index is 0.342. The summed E-state index contributed by atoms with van der Waals surface area (Å²) >= 11 is 0. The lowest BCUT2D eigenvalue weighted by Gasteiger charge is -2.28. The second-order valence-corrected chi connectivity index (χ2v) is 6.48. The van der Waals surface area contributed by atoms with Gasteiger partial charge in [-0.1, -0.05) is 55.5 Å². The van der Waals surface area contributed by atoms with Crippen LogP contribution in [0.2, 0.25) is 0 Å². The van der Waals surface area contributed by atoms with Gasteiger partial charge in [-0.05, 0) is 41.9 Å². The summed E-state index contributed by atoms with van der Waals surface area (Å²) in [5.41, 5.74) is 7.59. The molecule has 0 fully saturated rings. The summed E-state index contributed by atoms with van der Waals surface area (Å²) in [5.74, 6) is 0.345. The van der Waals surface area contributed by atoms with Gasteiger partial charge in [0.15, 0.2) is 0 Å². The molecule has 4 nitrogen and oxygen atoms in total. The molecule has 2 N–H and O–H groups in total. The minimum atomic E-state index is -0.491. The van der Waals surface area contributed by atoms with Crippen LogP contribution in [0.3, 0.4) is 0 Å². The average Bonchev–Trinajstić information content (AvgIpc) is 2.69. The number of rotatable bonds is 8. The van der Waals surface area contributed by atoms with Crippen LogP contribution in [0, 0.1) is 5.82 Å². The largest absolute Gasteiger partial charge is 0.457 e. The van der Waals surface area contributed by atoms with Crippen LogP contribution in [0.1, 0.15) is 24.1 Å². The van der Waals surface area contributed by atoms with E-state index >= 15 is 0 Å². The number of carbonyl (C=O) groups is 1. The summed E-state index contributed by atoms with van der Waals surface area (Å²) in [6.45, 7) is 3.24. The Morgan fingerprint density at radius 3 is 2.32 bits per heavy atom. The lowest BCUT2D eigenvalue weighted by molar-refractivity contribution is -0.123. The van der Waals surface area contributed by atoms with Crippen molar-refractivity contribution in [3.8, 4) is 11.5 Å². The SMILES string of the molecule is CCN(Cc1ccc(Oc2cccc(F)c2)cc1)[C@@H](C(N)=O)c1ccccc1. The normalized spacial score (nSPS) is 12.0. The van der Waals surface area contributed by atoms with Gasteiger partial charge in [-0.15, -0.1) is 0 Å². The minimum Gasteiger partial charge on any atom is -0.457 e. The van der Waals surface area contributed by atoms with E-state index in [0.29, 0.717) is 24.6 Å². The van der Waals surface area contributed by atoms with Gasteiger partial charge in [0.1, 0.15) is 23.4 Å². The lowest BCUT2D eigenvalue weighted by Crippen LogP contribution is -2.37. The molecule has 0 unspecified atom stereocenters. The molecule has 3 rings (SSSR count). The third-order valence-corrected chi connectivity index (χ3v) is 4.50. The van der Waals surface area contributed by atoms with Crippen LogP contribution in [0.5, 0.6) is 11.5 Å². The van der Waals surface area contributed by atoms with Gasteiger partial charge >= 0.3 is 0 Å². The van der Waals surface area contributed by atoms with E-state index < -0.39 is 6.04 Å². The van der Waals surface area contributed by atoms with Crippen LogP contribution in [0.15, 0.2) is 78.9 Å². The molecule has 0 radical (unpaired) electrons. The van der Waals surface area contributed by atoms with E-state index in [-0.39, 0.29) is 11.7 Å². The summed E-state index contributed by atoms with van der Waals surface area (Å²) in [6.07, 6.45) is 0. The van der Waals surface area contributed by atoms with Gasteiger partial charge in [-0.25, -0.2) is 4.39 Å². The zero-order chi connectivity index (χ0) is 19.9. The molecule has 0 aliphatic rings. The summed E-state index contributed by atoms with van der Waals surface area (Å²) in [5, 5.41) is 0. The van der Waals surface area contributed by atoms with Crippen molar-refractivity contribution in [3.63, 3.8) is 0 Å². The lowest BCUT2D eigenvalue weighted by atomic mass is 10.0. The number of hydrogen-bond donors (Lipinski definition) is 1. The van der Waals surface area contributed by atoms with Crippen molar-refractivity contribution in [3.05, 3.63) is 95.8 Å². The van der Waals surface area contributed by atoms with E-state index in [1.165, 1.54) is 12.1 Å². The number of ether oxygens (including phenoxy) is 1. The summed E-state index contributed by atoms with van der Waals surface area (Å²) in [6, 6.07) is 22.6. The fourth-order valence-electron chi connectivity index (χ4n) is 3.14. The molecule has 0 aliphatic carbocycles. The molecule has 3 aromatic carbocycles. The molecule has 3 aromatic rings. The first-order valence-corrected chi connectivity index (χ1v) is 9.17. The van der Waals surface area contributed by atoms with Gasteiger partial charge < -0.3 is 10.5 Å². The van der Waals surface area contributed by atoms with Gasteiger partial charge in [-0.2, -0.15) is 0 Å². The Morgan fingerprint density at radius 2 is 1.71 bits per heavy atom. The van der Waals surface area contributed by atoms with Gasteiger partial charge in [0.05, 0.1) is 0 Å². The van der Waals surface area contributed by atoms with Gasteiger partial charge in [0, 0.05) is 12.6 Å². The zero-order valence-electron chi connectivity index (χ0n) is 15.7. The predicted molar refractivity (Wildman–Crippen MR) is 107 cm³/mol. The predicted octanol–water partition coefficient (Wildman–Crippen LogP) is 4.67. The standard InChI is InChI=1S/C23H23FN2O2/c1-2-26(22(23(25)27)18-7-4-3-5-8-18)16-17-11-13-20(14-12-17)28-21-10-6-9-19(24)15-21/h3-15,22H,2,16H2,1H3,(H2,25,27)/t22-/m1/s1. The molecule has 0 aromatic heterocycles. The number of amides is 1. The van der Waals surface area contributed by atoms with Crippen LogP contribution < -0.4 is 10.5 Å². The molecular weight excluding hydrogens is 355 g/mol. The van der Waals surface area contributed by atoms with Crippen molar-refractivity contribution >= 4 is 5.91 Å². The third kappa shape index (κ3) is 4.96. The second-order valence-electron chi connectivity index (χ2n) is 6.48. The van der Waals surface area contributed by atoms with Crippen LogP contribution in [0.4, 0.5) is 4.39 Å². The highest BCUT2D eigenvalue weighted by molar-refractivity contribution is 5.81. The highest BCUT2D eigenvalue weighted by Crippen LogP contribution is 2.25. The molecule has 0 heterocycles. The molecule has 1 atom stereocenters. The summed E-state index contributed by atoms with van der Waals surface area (Å²) in [7, 11) is 0. The molecule has 28 heavy (non-hydrogen) atoms. The van der Waals surface area contributed by atoms with Gasteiger partial charge in [0.2, 0.25) is 5.91 Å². The Bertz CT molecular complexity index is 913. The quantitative estimate of drug-likeness (QED) is 0.620. The van der Waals surface area contributed by atoms with Crippen molar-refractivity contribution in [2.24, 2.45) is 5.73 Å². The molecule has 144 valence electrons. The van der Waals surface area contributed by atoms with Crippen molar-refractivity contribution in [1.82, 2.24) is 4.90 Å². The van der Waals surface area contributed by atoms with Crippen LogP contribution >= 0.6 is 0 Å². The maximum atomic E-state index is 13.3. The number of nitrogens with zero attached hydrogens (tertiary/aromatic N) is 1. The number of likely N-dealkylation sites (N-methyl/N-ethyl adjacent to an activating group) is 1.